The van der Waals surface area contributed by atoms with E-state index in [1.54, 1.807) is 4.68 Å². The number of hydrogen-bond donors (Lipinski definition) is 0. The van der Waals surface area contributed by atoms with E-state index in [1.807, 2.05) is 19.4 Å². The first-order chi connectivity index (χ1) is 5.65. The van der Waals surface area contributed by atoms with Crippen LogP contribution < -0.4 is 0 Å². The van der Waals surface area contributed by atoms with Crippen LogP contribution >= 0.6 is 0 Å². The van der Waals surface area contributed by atoms with Gasteiger partial charge in [-0.2, -0.15) is 5.10 Å². The Balaban J connectivity index is 2.87. The summed E-state index contributed by atoms with van der Waals surface area (Å²) in [7, 11) is 1.91. The molecule has 0 bridgehead atoms. The molecule has 1 heterocycles. The van der Waals surface area contributed by atoms with Crippen LogP contribution in [0.3, 0.4) is 0 Å². The van der Waals surface area contributed by atoms with Crippen molar-refractivity contribution < 1.29 is 0 Å². The molecule has 0 saturated heterocycles. The van der Waals surface area contributed by atoms with E-state index in [4.69, 9.17) is 0 Å². The van der Waals surface area contributed by atoms with Crippen molar-refractivity contribution in [3.05, 3.63) is 18.0 Å². The minimum absolute atomic E-state index is 0.179. The minimum Gasteiger partial charge on any atom is -0.292 e. The van der Waals surface area contributed by atoms with Crippen molar-refractivity contribution in [2.45, 2.75) is 19.9 Å². The molecule has 0 saturated carbocycles. The molecule has 0 fully saturated rings. The Bertz CT molecular complexity index is 262. The van der Waals surface area contributed by atoms with Crippen LogP contribution in [0, 0.1) is 5.92 Å². The molecule has 1 rings (SSSR count). The van der Waals surface area contributed by atoms with Gasteiger partial charge in [0.05, 0.1) is 12.2 Å². The second kappa shape index (κ2) is 3.52. The largest absolute Gasteiger partial charge is 0.292 e. The number of hydrogen-bond acceptors (Lipinski definition) is 2. The Morgan fingerprint density at radius 3 is 2.58 bits per heavy atom. The van der Waals surface area contributed by atoms with Gasteiger partial charge >= 0.3 is 0 Å². The lowest BCUT2D eigenvalue weighted by atomic mass is 10.00. The molecule has 3 nitrogen and oxygen atoms in total. The fraction of sp³-hybridized carbons (Fsp3) is 0.556. The van der Waals surface area contributed by atoms with Crippen LogP contribution in [-0.2, 0) is 7.05 Å². The molecule has 0 aliphatic heterocycles. The molecule has 12 heavy (non-hydrogen) atoms. The van der Waals surface area contributed by atoms with Gasteiger partial charge in [0.1, 0.15) is 0 Å². The molecule has 0 aromatic carbocycles. The maximum absolute atomic E-state index is 4.10. The van der Waals surface area contributed by atoms with E-state index in [0.29, 0.717) is 5.92 Å². The molecule has 0 spiro atoms. The fourth-order valence-electron chi connectivity index (χ4n) is 1.29. The first-order valence-electron chi connectivity index (χ1n) is 4.09. The molecule has 0 aliphatic rings. The Kier molecular flexibility index (Phi) is 2.63. The normalized spacial score (nSPS) is 13.3. The first kappa shape index (κ1) is 8.97. The van der Waals surface area contributed by atoms with Gasteiger partial charge in [0.2, 0.25) is 0 Å². The summed E-state index contributed by atoms with van der Waals surface area (Å²) in [6, 6.07) is 0.179. The summed E-state index contributed by atoms with van der Waals surface area (Å²) in [5.74, 6) is 0.478. The molecule has 0 amide bonds. The summed E-state index contributed by atoms with van der Waals surface area (Å²) in [5.41, 5.74) is 1.14. The number of aliphatic imine (C=N–C) groups is 1. The molecule has 0 aliphatic carbocycles. The predicted molar refractivity (Wildman–Crippen MR) is 50.3 cm³/mol. The van der Waals surface area contributed by atoms with E-state index < -0.39 is 0 Å². The van der Waals surface area contributed by atoms with Gasteiger partial charge in [-0.15, -0.1) is 0 Å². The molecular formula is C9H15N3. The van der Waals surface area contributed by atoms with Crippen molar-refractivity contribution in [1.29, 1.82) is 0 Å². The monoisotopic (exact) mass is 165 g/mol. The molecule has 3 heteroatoms. The lowest BCUT2D eigenvalue weighted by Crippen LogP contribution is -2.02. The van der Waals surface area contributed by atoms with Gasteiger partial charge in [-0.25, -0.2) is 0 Å². The third-order valence-electron chi connectivity index (χ3n) is 1.89. The van der Waals surface area contributed by atoms with E-state index in [0.717, 1.165) is 5.56 Å². The lowest BCUT2D eigenvalue weighted by molar-refractivity contribution is 0.519. The zero-order chi connectivity index (χ0) is 9.14. The van der Waals surface area contributed by atoms with Crippen LogP contribution in [0.1, 0.15) is 25.5 Å². The predicted octanol–water partition coefficient (Wildman–Crippen LogP) is 1.82. The van der Waals surface area contributed by atoms with Gasteiger partial charge < -0.3 is 0 Å². The Morgan fingerprint density at radius 1 is 1.58 bits per heavy atom. The van der Waals surface area contributed by atoms with Crippen molar-refractivity contribution in [2.75, 3.05) is 0 Å². The number of nitrogens with zero attached hydrogens (tertiary/aromatic N) is 3. The quantitative estimate of drug-likeness (QED) is 0.628. The molecule has 1 aromatic rings. The third kappa shape index (κ3) is 1.72. The van der Waals surface area contributed by atoms with E-state index in [-0.39, 0.29) is 6.04 Å². The van der Waals surface area contributed by atoms with E-state index in [9.17, 15) is 0 Å². The summed E-state index contributed by atoms with van der Waals surface area (Å²) < 4.78 is 1.79. The fourth-order valence-corrected chi connectivity index (χ4v) is 1.29. The van der Waals surface area contributed by atoms with Crippen LogP contribution in [0.2, 0.25) is 0 Å². The average Bonchev–Trinajstić information content (AvgIpc) is 2.37. The van der Waals surface area contributed by atoms with Crippen molar-refractivity contribution >= 4 is 6.72 Å². The molecule has 1 unspecified atom stereocenters. The maximum atomic E-state index is 4.10. The highest BCUT2D eigenvalue weighted by molar-refractivity contribution is 5.27. The van der Waals surface area contributed by atoms with Crippen molar-refractivity contribution in [3.8, 4) is 0 Å². The Morgan fingerprint density at radius 2 is 2.25 bits per heavy atom. The summed E-state index contributed by atoms with van der Waals surface area (Å²) >= 11 is 0. The molecular weight excluding hydrogens is 150 g/mol. The summed E-state index contributed by atoms with van der Waals surface area (Å²) in [6.45, 7) is 7.84. The molecule has 1 atom stereocenters. The number of aromatic nitrogens is 2. The van der Waals surface area contributed by atoms with Crippen LogP contribution in [0.15, 0.2) is 17.4 Å². The Labute approximate surface area is 73.1 Å². The van der Waals surface area contributed by atoms with Gasteiger partial charge in [-0.3, -0.25) is 9.67 Å². The molecule has 66 valence electrons. The maximum Gasteiger partial charge on any atom is 0.0795 e. The highest BCUT2D eigenvalue weighted by Crippen LogP contribution is 2.24. The standard InChI is InChI=1S/C9H15N3/c1-7(2)9(10-3)8-5-11-12(4)6-8/h5-7,9H,3H2,1-2,4H3. The van der Waals surface area contributed by atoms with E-state index in [1.165, 1.54) is 0 Å². The lowest BCUT2D eigenvalue weighted by Gasteiger charge is -2.12. The van der Waals surface area contributed by atoms with Crippen LogP contribution in [-0.4, -0.2) is 16.5 Å². The second-order valence-corrected chi connectivity index (χ2v) is 3.32. The van der Waals surface area contributed by atoms with Crippen LogP contribution in [0.4, 0.5) is 0 Å². The summed E-state index contributed by atoms with van der Waals surface area (Å²) in [4.78, 5) is 4.07. The topological polar surface area (TPSA) is 30.2 Å². The van der Waals surface area contributed by atoms with Gasteiger partial charge in [0, 0.05) is 18.8 Å². The average molecular weight is 165 g/mol. The smallest absolute Gasteiger partial charge is 0.0795 e. The minimum atomic E-state index is 0.179. The number of aryl methyl sites for hydroxylation is 1. The molecule has 0 radical (unpaired) electrons. The third-order valence-corrected chi connectivity index (χ3v) is 1.89. The Hall–Kier alpha value is -1.12. The zero-order valence-corrected chi connectivity index (χ0v) is 7.86. The van der Waals surface area contributed by atoms with Gasteiger partial charge in [0.15, 0.2) is 0 Å². The van der Waals surface area contributed by atoms with E-state index in [2.05, 4.69) is 30.7 Å². The molecule has 0 N–H and O–H groups in total. The first-order valence-corrected chi connectivity index (χ1v) is 4.09. The highest BCUT2D eigenvalue weighted by Gasteiger charge is 2.14. The van der Waals surface area contributed by atoms with Crippen molar-refractivity contribution in [1.82, 2.24) is 9.78 Å². The zero-order valence-electron chi connectivity index (χ0n) is 7.86. The highest BCUT2D eigenvalue weighted by atomic mass is 15.2. The SMILES string of the molecule is C=NC(c1cnn(C)c1)C(C)C. The van der Waals surface area contributed by atoms with Gasteiger partial charge in [0.25, 0.3) is 0 Å². The van der Waals surface area contributed by atoms with Crippen LogP contribution in [0.25, 0.3) is 0 Å². The summed E-state index contributed by atoms with van der Waals surface area (Å²) in [6.07, 6.45) is 3.83. The summed E-state index contributed by atoms with van der Waals surface area (Å²) in [5, 5.41) is 4.10. The van der Waals surface area contributed by atoms with Gasteiger partial charge in [-0.05, 0) is 12.6 Å². The van der Waals surface area contributed by atoms with Crippen molar-refractivity contribution in [2.24, 2.45) is 18.0 Å². The van der Waals surface area contributed by atoms with Crippen LogP contribution in [0.5, 0.6) is 0 Å². The second-order valence-electron chi connectivity index (χ2n) is 3.32. The van der Waals surface area contributed by atoms with Crippen molar-refractivity contribution in [3.63, 3.8) is 0 Å². The number of rotatable bonds is 3. The van der Waals surface area contributed by atoms with E-state index >= 15 is 0 Å². The molecule has 1 aromatic heterocycles. The van der Waals surface area contributed by atoms with Gasteiger partial charge in [-0.1, -0.05) is 13.8 Å².